The Morgan fingerprint density at radius 3 is 2.59 bits per heavy atom. The fourth-order valence-electron chi connectivity index (χ4n) is 3.34. The van der Waals surface area contributed by atoms with Crippen molar-refractivity contribution in [2.24, 2.45) is 0 Å². The van der Waals surface area contributed by atoms with E-state index in [2.05, 4.69) is 5.32 Å². The fraction of sp³-hybridized carbons (Fsp3) is 0.100. The van der Waals surface area contributed by atoms with Gasteiger partial charge in [0.2, 0.25) is 5.91 Å². The lowest BCUT2D eigenvalue weighted by Gasteiger charge is -2.24. The van der Waals surface area contributed by atoms with Crippen molar-refractivity contribution in [1.29, 1.82) is 0 Å². The van der Waals surface area contributed by atoms with Crippen LogP contribution in [0.3, 0.4) is 0 Å². The minimum Gasteiger partial charge on any atom is -0.508 e. The Hall–Kier alpha value is -3.19. The van der Waals surface area contributed by atoms with E-state index in [-0.39, 0.29) is 28.9 Å². The number of fused-ring (bicyclic) bond motifs is 1. The fourth-order valence-corrected chi connectivity index (χ4v) is 4.59. The van der Waals surface area contributed by atoms with Crippen molar-refractivity contribution in [3.05, 3.63) is 69.7 Å². The summed E-state index contributed by atoms with van der Waals surface area (Å²) in [7, 11) is 0. The van der Waals surface area contributed by atoms with Gasteiger partial charge in [-0.1, -0.05) is 24.3 Å². The zero-order valence-corrected chi connectivity index (χ0v) is 14.7. The number of carboxylic acid groups (broad SMARTS) is 1. The number of thiophene rings is 1. The van der Waals surface area contributed by atoms with Gasteiger partial charge in [-0.15, -0.1) is 11.3 Å². The van der Waals surface area contributed by atoms with Gasteiger partial charge in [-0.3, -0.25) is 4.79 Å². The molecule has 1 atom stereocenters. The molecule has 5 nitrogen and oxygen atoms in total. The van der Waals surface area contributed by atoms with Gasteiger partial charge in [-0.2, -0.15) is 0 Å². The van der Waals surface area contributed by atoms with Gasteiger partial charge in [-0.05, 0) is 35.4 Å². The number of halogens is 1. The van der Waals surface area contributed by atoms with Crippen LogP contribution in [0.4, 0.5) is 10.1 Å². The summed E-state index contributed by atoms with van der Waals surface area (Å²) in [6, 6.07) is 12.1. The first kappa shape index (κ1) is 17.2. The average Bonchev–Trinajstić information content (AvgIpc) is 3.01. The molecule has 0 aliphatic carbocycles. The van der Waals surface area contributed by atoms with Gasteiger partial charge in [0.1, 0.15) is 16.4 Å². The summed E-state index contributed by atoms with van der Waals surface area (Å²) in [5, 5.41) is 22.2. The third kappa shape index (κ3) is 3.06. The monoisotopic (exact) mass is 383 g/mol. The molecule has 27 heavy (non-hydrogen) atoms. The van der Waals surface area contributed by atoms with Gasteiger partial charge in [0, 0.05) is 22.8 Å². The maximum Gasteiger partial charge on any atom is 0.346 e. The third-order valence-electron chi connectivity index (χ3n) is 4.51. The summed E-state index contributed by atoms with van der Waals surface area (Å²) in [4.78, 5) is 25.0. The number of hydrogen-bond acceptors (Lipinski definition) is 4. The summed E-state index contributed by atoms with van der Waals surface area (Å²) < 4.78 is 13.3. The van der Waals surface area contributed by atoms with Crippen LogP contribution in [-0.2, 0) is 4.79 Å². The number of phenolic OH excluding ortho intramolecular Hbond substituents is 1. The van der Waals surface area contributed by atoms with Gasteiger partial charge >= 0.3 is 5.97 Å². The molecule has 136 valence electrons. The molecule has 0 saturated carbocycles. The Balaban J connectivity index is 1.94. The van der Waals surface area contributed by atoms with Crippen molar-refractivity contribution < 1.29 is 24.2 Å². The highest BCUT2D eigenvalue weighted by atomic mass is 32.1. The summed E-state index contributed by atoms with van der Waals surface area (Å²) in [5.74, 6) is -2.07. The van der Waals surface area contributed by atoms with Crippen molar-refractivity contribution in [3.8, 4) is 16.9 Å². The summed E-state index contributed by atoms with van der Waals surface area (Å²) in [6.07, 6.45) is 0.152. The summed E-state index contributed by atoms with van der Waals surface area (Å²) in [5.41, 5.74) is 2.06. The normalized spacial score (nSPS) is 15.9. The Morgan fingerprint density at radius 1 is 1.19 bits per heavy atom. The van der Waals surface area contributed by atoms with Crippen molar-refractivity contribution in [1.82, 2.24) is 0 Å². The molecule has 7 heteroatoms. The van der Waals surface area contributed by atoms with Crippen molar-refractivity contribution >= 4 is 28.9 Å². The van der Waals surface area contributed by atoms with Gasteiger partial charge in [-0.25, -0.2) is 9.18 Å². The number of anilines is 1. The minimum absolute atomic E-state index is 0.0776. The summed E-state index contributed by atoms with van der Waals surface area (Å²) >= 11 is 1.09. The molecule has 1 aromatic heterocycles. The highest BCUT2D eigenvalue weighted by molar-refractivity contribution is 7.15. The maximum atomic E-state index is 13.3. The molecule has 4 rings (SSSR count). The Labute approximate surface area is 157 Å². The molecule has 0 radical (unpaired) electrons. The number of carbonyl (C=O) groups is 2. The molecule has 0 spiro atoms. The number of phenols is 1. The minimum atomic E-state index is -1.11. The number of aromatic carboxylic acids is 1. The summed E-state index contributed by atoms with van der Waals surface area (Å²) in [6.45, 7) is 0. The van der Waals surface area contributed by atoms with Crippen LogP contribution < -0.4 is 5.32 Å². The lowest BCUT2D eigenvalue weighted by molar-refractivity contribution is -0.116. The van der Waals surface area contributed by atoms with Crippen LogP contribution in [0.25, 0.3) is 11.1 Å². The van der Waals surface area contributed by atoms with Crippen LogP contribution >= 0.6 is 11.3 Å². The smallest absolute Gasteiger partial charge is 0.346 e. The molecule has 0 unspecified atom stereocenters. The first-order valence-electron chi connectivity index (χ1n) is 8.18. The van der Waals surface area contributed by atoms with E-state index in [1.165, 1.54) is 30.3 Å². The average molecular weight is 383 g/mol. The predicted molar refractivity (Wildman–Crippen MR) is 99.9 cm³/mol. The largest absolute Gasteiger partial charge is 0.508 e. The molecular weight excluding hydrogens is 369 g/mol. The third-order valence-corrected chi connectivity index (χ3v) is 5.80. The number of carboxylic acids is 1. The molecule has 3 N–H and O–H groups in total. The van der Waals surface area contributed by atoms with Crippen LogP contribution in [-0.4, -0.2) is 22.1 Å². The lowest BCUT2D eigenvalue weighted by Crippen LogP contribution is -2.22. The van der Waals surface area contributed by atoms with E-state index in [1.54, 1.807) is 18.2 Å². The van der Waals surface area contributed by atoms with E-state index in [9.17, 15) is 24.2 Å². The van der Waals surface area contributed by atoms with Gasteiger partial charge in [0.25, 0.3) is 0 Å². The SMILES string of the molecule is O=C1C[C@@H](c2cccc(O)c2)c2sc(C(=O)O)c(-c3ccc(F)cc3)c2N1. The molecule has 2 aromatic carbocycles. The number of aromatic hydroxyl groups is 1. The molecule has 0 saturated heterocycles. The molecule has 3 aromatic rings. The standard InChI is InChI=1S/C20H14FNO4S/c21-12-6-4-10(5-7-12)16-17-18(27-19(16)20(25)26)14(9-15(24)22-17)11-2-1-3-13(23)8-11/h1-8,14,23H,9H2,(H,22,24)(H,25,26)/t14-/m0/s1. The second kappa shape index (κ2) is 6.51. The quantitative estimate of drug-likeness (QED) is 0.624. The number of rotatable bonds is 3. The molecular formula is C20H14FNO4S. The first-order valence-corrected chi connectivity index (χ1v) is 9.00. The van der Waals surface area contributed by atoms with Crippen molar-refractivity contribution in [2.75, 3.05) is 5.32 Å². The second-order valence-electron chi connectivity index (χ2n) is 6.26. The highest BCUT2D eigenvalue weighted by Gasteiger charge is 2.34. The van der Waals surface area contributed by atoms with Gasteiger partial charge in [0.15, 0.2) is 0 Å². The second-order valence-corrected chi connectivity index (χ2v) is 7.31. The maximum absolute atomic E-state index is 13.3. The number of hydrogen-bond donors (Lipinski definition) is 3. The Kier molecular flexibility index (Phi) is 4.16. The van der Waals surface area contributed by atoms with E-state index < -0.39 is 11.8 Å². The topological polar surface area (TPSA) is 86.6 Å². The molecule has 0 bridgehead atoms. The van der Waals surface area contributed by atoms with E-state index in [1.807, 2.05) is 0 Å². The molecule has 0 fully saturated rings. The van der Waals surface area contributed by atoms with Crippen molar-refractivity contribution in [3.63, 3.8) is 0 Å². The molecule has 1 aliphatic heterocycles. The Bertz CT molecular complexity index is 1060. The molecule has 1 amide bonds. The zero-order chi connectivity index (χ0) is 19.1. The van der Waals surface area contributed by atoms with Crippen LogP contribution in [0.5, 0.6) is 5.75 Å². The first-order chi connectivity index (χ1) is 12.9. The van der Waals surface area contributed by atoms with E-state index in [4.69, 9.17) is 0 Å². The molecule has 2 heterocycles. The number of amides is 1. The lowest BCUT2D eigenvalue weighted by atomic mass is 9.88. The number of benzene rings is 2. The number of nitrogens with one attached hydrogen (secondary N) is 1. The van der Waals surface area contributed by atoms with Crippen LogP contribution in [0.2, 0.25) is 0 Å². The van der Waals surface area contributed by atoms with E-state index in [0.29, 0.717) is 21.7 Å². The van der Waals surface area contributed by atoms with Gasteiger partial charge < -0.3 is 15.5 Å². The molecule has 1 aliphatic rings. The van der Waals surface area contributed by atoms with Gasteiger partial charge in [0.05, 0.1) is 5.69 Å². The zero-order valence-electron chi connectivity index (χ0n) is 13.9. The highest BCUT2D eigenvalue weighted by Crippen LogP contribution is 2.49. The van der Waals surface area contributed by atoms with Crippen LogP contribution in [0, 0.1) is 5.82 Å². The van der Waals surface area contributed by atoms with E-state index in [0.717, 1.165) is 16.9 Å². The Morgan fingerprint density at radius 2 is 1.93 bits per heavy atom. The van der Waals surface area contributed by atoms with Crippen LogP contribution in [0.15, 0.2) is 48.5 Å². The van der Waals surface area contributed by atoms with Crippen LogP contribution in [0.1, 0.15) is 32.5 Å². The van der Waals surface area contributed by atoms with E-state index >= 15 is 0 Å². The number of carbonyl (C=O) groups excluding carboxylic acids is 1. The predicted octanol–water partition coefficient (Wildman–Crippen LogP) is 4.43. The van der Waals surface area contributed by atoms with Crippen molar-refractivity contribution in [2.45, 2.75) is 12.3 Å².